The number of hydrogen-bond acceptors (Lipinski definition) is 3. The van der Waals surface area contributed by atoms with Crippen molar-refractivity contribution in [3.8, 4) is 0 Å². The van der Waals surface area contributed by atoms with E-state index in [1.165, 1.54) is 0 Å². The van der Waals surface area contributed by atoms with Crippen molar-refractivity contribution in [2.75, 3.05) is 6.54 Å². The summed E-state index contributed by atoms with van der Waals surface area (Å²) in [5, 5.41) is 15.9. The molecule has 2 amide bonds. The molecule has 0 saturated heterocycles. The summed E-state index contributed by atoms with van der Waals surface area (Å²) in [5.74, 6) is -0.771. The third kappa shape index (κ3) is 7.84. The van der Waals surface area contributed by atoms with Crippen LogP contribution in [0.2, 0.25) is 0 Å². The molecule has 1 aromatic rings. The topological polar surface area (TPSA) is 78.4 Å². The van der Waals surface area contributed by atoms with E-state index in [0.717, 1.165) is 22.2 Å². The zero-order valence-electron chi connectivity index (χ0n) is 10.4. The molecule has 0 saturated carbocycles. The summed E-state index contributed by atoms with van der Waals surface area (Å²) in [5.41, 5.74) is 0. The minimum absolute atomic E-state index is 0.192. The van der Waals surface area contributed by atoms with Crippen molar-refractivity contribution >= 4 is 39.3 Å². The summed E-state index contributed by atoms with van der Waals surface area (Å²) in [6, 6.07) is 1.78. The molecule has 0 spiro atoms. The predicted molar refractivity (Wildman–Crippen MR) is 78.4 cm³/mol. The lowest BCUT2D eigenvalue weighted by molar-refractivity contribution is -0.137. The number of nitrogens with one attached hydrogen (secondary N) is 2. The lowest BCUT2D eigenvalue weighted by Gasteiger charge is -2.06. The zero-order valence-corrected chi connectivity index (χ0v) is 12.8. The van der Waals surface area contributed by atoms with Crippen LogP contribution in [-0.4, -0.2) is 23.7 Å². The number of hydrogen-bond donors (Lipinski definition) is 3. The SMILES string of the molecule is O=C(O)CCCCCNC(=O)NCc1cc(Br)cs1. The largest absolute Gasteiger partial charge is 0.481 e. The second-order valence-corrected chi connectivity index (χ2v) is 5.96. The molecular weight excluding hydrogens is 332 g/mol. The number of carbonyl (C=O) groups is 2. The van der Waals surface area contributed by atoms with Gasteiger partial charge in [0.25, 0.3) is 0 Å². The Morgan fingerprint density at radius 1 is 1.26 bits per heavy atom. The molecule has 0 fully saturated rings. The summed E-state index contributed by atoms with van der Waals surface area (Å²) in [6.45, 7) is 1.08. The molecule has 19 heavy (non-hydrogen) atoms. The lowest BCUT2D eigenvalue weighted by atomic mass is 10.2. The maximum Gasteiger partial charge on any atom is 0.315 e. The van der Waals surface area contributed by atoms with Crippen LogP contribution in [0.1, 0.15) is 30.6 Å². The molecule has 106 valence electrons. The van der Waals surface area contributed by atoms with Crippen LogP contribution in [0.25, 0.3) is 0 Å². The molecule has 0 aliphatic heterocycles. The molecule has 0 aliphatic rings. The molecule has 5 nitrogen and oxygen atoms in total. The molecule has 1 aromatic heterocycles. The van der Waals surface area contributed by atoms with E-state index in [4.69, 9.17) is 5.11 Å². The van der Waals surface area contributed by atoms with Gasteiger partial charge < -0.3 is 15.7 Å². The molecule has 1 rings (SSSR count). The molecule has 7 heteroatoms. The van der Waals surface area contributed by atoms with Gasteiger partial charge in [0.15, 0.2) is 0 Å². The van der Waals surface area contributed by atoms with Crippen LogP contribution in [0, 0.1) is 0 Å². The number of carboxylic acids is 1. The Balaban J connectivity index is 2.00. The van der Waals surface area contributed by atoms with E-state index in [1.807, 2.05) is 11.4 Å². The predicted octanol–water partition coefficient (Wildman–Crippen LogP) is 2.95. The van der Waals surface area contributed by atoms with Crippen molar-refractivity contribution in [3.05, 3.63) is 20.8 Å². The summed E-state index contributed by atoms with van der Waals surface area (Å²) in [6.07, 6.45) is 2.46. The maximum atomic E-state index is 11.4. The van der Waals surface area contributed by atoms with Gasteiger partial charge >= 0.3 is 12.0 Å². The van der Waals surface area contributed by atoms with E-state index in [2.05, 4.69) is 26.6 Å². The highest BCUT2D eigenvalue weighted by molar-refractivity contribution is 9.10. The fourth-order valence-corrected chi connectivity index (χ4v) is 2.85. The summed E-state index contributed by atoms with van der Waals surface area (Å²) >= 11 is 4.94. The Hall–Kier alpha value is -1.08. The minimum Gasteiger partial charge on any atom is -0.481 e. The maximum absolute atomic E-state index is 11.4. The number of amides is 2. The number of halogens is 1. The molecule has 0 unspecified atom stereocenters. The van der Waals surface area contributed by atoms with Crippen molar-refractivity contribution in [2.24, 2.45) is 0 Å². The molecule has 0 atom stereocenters. The minimum atomic E-state index is -0.771. The normalized spacial score (nSPS) is 10.2. The van der Waals surface area contributed by atoms with Crippen molar-refractivity contribution < 1.29 is 14.7 Å². The van der Waals surface area contributed by atoms with Crippen LogP contribution in [0.15, 0.2) is 15.9 Å². The standard InChI is InChI=1S/C12H17BrN2O3S/c13-9-6-10(19-8-9)7-15-12(18)14-5-3-1-2-4-11(16)17/h6,8H,1-5,7H2,(H,16,17)(H2,14,15,18). The zero-order chi connectivity index (χ0) is 14.1. The van der Waals surface area contributed by atoms with Gasteiger partial charge in [0.05, 0.1) is 6.54 Å². The Kier molecular flexibility index (Phi) is 7.50. The van der Waals surface area contributed by atoms with Gasteiger partial charge in [-0.05, 0) is 34.8 Å². The first-order valence-electron chi connectivity index (χ1n) is 6.04. The highest BCUT2D eigenvalue weighted by Gasteiger charge is 2.02. The van der Waals surface area contributed by atoms with Crippen LogP contribution in [0.5, 0.6) is 0 Å². The van der Waals surface area contributed by atoms with Gasteiger partial charge in [-0.2, -0.15) is 0 Å². The number of urea groups is 1. The Bertz CT molecular complexity index is 423. The molecule has 0 bridgehead atoms. The van der Waals surface area contributed by atoms with Crippen molar-refractivity contribution in [1.29, 1.82) is 0 Å². The van der Waals surface area contributed by atoms with E-state index < -0.39 is 5.97 Å². The second kappa shape index (κ2) is 8.92. The van der Waals surface area contributed by atoms with Crippen molar-refractivity contribution in [1.82, 2.24) is 10.6 Å². The summed E-state index contributed by atoms with van der Waals surface area (Å²) in [7, 11) is 0. The molecule has 0 aromatic carbocycles. The number of thiophene rings is 1. The highest BCUT2D eigenvalue weighted by atomic mass is 79.9. The first-order chi connectivity index (χ1) is 9.08. The highest BCUT2D eigenvalue weighted by Crippen LogP contribution is 2.19. The quantitative estimate of drug-likeness (QED) is 0.632. The van der Waals surface area contributed by atoms with Gasteiger partial charge in [-0.25, -0.2) is 4.79 Å². The molecule has 3 N–H and O–H groups in total. The Labute approximate surface area is 124 Å². The van der Waals surface area contributed by atoms with Crippen LogP contribution in [-0.2, 0) is 11.3 Å². The second-order valence-electron chi connectivity index (χ2n) is 4.05. The van der Waals surface area contributed by atoms with Gasteiger partial charge in [-0.3, -0.25) is 4.79 Å². The van der Waals surface area contributed by atoms with Gasteiger partial charge in [0, 0.05) is 27.7 Å². The fraction of sp³-hybridized carbons (Fsp3) is 0.500. The van der Waals surface area contributed by atoms with E-state index >= 15 is 0 Å². The Morgan fingerprint density at radius 2 is 2.05 bits per heavy atom. The van der Waals surface area contributed by atoms with Crippen LogP contribution >= 0.6 is 27.3 Å². The molecular formula is C12H17BrN2O3S. The number of rotatable bonds is 8. The van der Waals surface area contributed by atoms with Crippen LogP contribution in [0.4, 0.5) is 4.79 Å². The summed E-state index contributed by atoms with van der Waals surface area (Å²) in [4.78, 5) is 22.8. The number of carbonyl (C=O) groups excluding carboxylic acids is 1. The first kappa shape index (κ1) is 16.0. The summed E-state index contributed by atoms with van der Waals surface area (Å²) < 4.78 is 1.02. The third-order valence-electron chi connectivity index (χ3n) is 2.40. The molecule has 0 aliphatic carbocycles. The van der Waals surface area contributed by atoms with Crippen LogP contribution < -0.4 is 10.6 Å². The number of unbranched alkanes of at least 4 members (excludes halogenated alkanes) is 2. The van der Waals surface area contributed by atoms with Gasteiger partial charge in [-0.15, -0.1) is 11.3 Å². The number of aliphatic carboxylic acids is 1. The first-order valence-corrected chi connectivity index (χ1v) is 7.71. The average molecular weight is 349 g/mol. The lowest BCUT2D eigenvalue weighted by Crippen LogP contribution is -2.35. The smallest absolute Gasteiger partial charge is 0.315 e. The molecule has 0 radical (unpaired) electrons. The van der Waals surface area contributed by atoms with E-state index in [-0.39, 0.29) is 12.5 Å². The van der Waals surface area contributed by atoms with Gasteiger partial charge in [-0.1, -0.05) is 6.42 Å². The fourth-order valence-electron chi connectivity index (χ4n) is 1.46. The van der Waals surface area contributed by atoms with Crippen molar-refractivity contribution in [2.45, 2.75) is 32.2 Å². The van der Waals surface area contributed by atoms with E-state index in [9.17, 15) is 9.59 Å². The average Bonchev–Trinajstić information content (AvgIpc) is 2.76. The van der Waals surface area contributed by atoms with Crippen LogP contribution in [0.3, 0.4) is 0 Å². The number of carboxylic acid groups (broad SMARTS) is 1. The Morgan fingerprint density at radius 3 is 2.68 bits per heavy atom. The van der Waals surface area contributed by atoms with Gasteiger partial charge in [0.1, 0.15) is 0 Å². The third-order valence-corrected chi connectivity index (χ3v) is 4.10. The van der Waals surface area contributed by atoms with Crippen molar-refractivity contribution in [3.63, 3.8) is 0 Å². The van der Waals surface area contributed by atoms with Gasteiger partial charge in [0.2, 0.25) is 0 Å². The monoisotopic (exact) mass is 348 g/mol. The van der Waals surface area contributed by atoms with E-state index in [1.54, 1.807) is 11.3 Å². The van der Waals surface area contributed by atoms with E-state index in [0.29, 0.717) is 19.5 Å². The molecule has 1 heterocycles.